The molecule has 1 heterocycles. The lowest BCUT2D eigenvalue weighted by molar-refractivity contribution is -0.385. The van der Waals surface area contributed by atoms with Crippen LogP contribution in [0.3, 0.4) is 0 Å². The van der Waals surface area contributed by atoms with Gasteiger partial charge in [0.25, 0.3) is 11.6 Å². The van der Waals surface area contributed by atoms with Crippen molar-refractivity contribution in [2.75, 3.05) is 20.3 Å². The molecule has 0 atom stereocenters. The van der Waals surface area contributed by atoms with E-state index in [0.29, 0.717) is 35.9 Å². The van der Waals surface area contributed by atoms with Gasteiger partial charge < -0.3 is 14.0 Å². The number of rotatable bonds is 7. The van der Waals surface area contributed by atoms with Crippen molar-refractivity contribution in [2.24, 2.45) is 4.99 Å². The van der Waals surface area contributed by atoms with Gasteiger partial charge in [-0.1, -0.05) is 17.4 Å². The van der Waals surface area contributed by atoms with E-state index in [-0.39, 0.29) is 11.3 Å². The molecule has 0 aliphatic rings. The molecule has 0 spiro atoms. The van der Waals surface area contributed by atoms with E-state index in [4.69, 9.17) is 9.47 Å². The Labute approximate surface area is 171 Å². The van der Waals surface area contributed by atoms with E-state index in [1.54, 1.807) is 20.1 Å². The number of ether oxygens (including phenoxy) is 2. The Morgan fingerprint density at radius 2 is 2.10 bits per heavy atom. The molecule has 8 nitrogen and oxygen atoms in total. The van der Waals surface area contributed by atoms with Gasteiger partial charge in [-0.05, 0) is 38.1 Å². The molecule has 0 unspecified atom stereocenters. The Balaban J connectivity index is 2.11. The highest BCUT2D eigenvalue weighted by atomic mass is 32.1. The third-order valence-corrected chi connectivity index (χ3v) is 5.52. The standard InChI is InChI=1S/C20H21N3O5S/c1-4-28-11-10-22-17-9-8-14(27-3)12-18(17)29-20(22)21-19(24)15-6-5-7-16(13(15)2)23(25)26/h5-9,12H,4,10-11H2,1-3H3. The molecule has 1 aromatic heterocycles. The summed E-state index contributed by atoms with van der Waals surface area (Å²) in [6.07, 6.45) is 0. The SMILES string of the molecule is CCOCCn1c(=NC(=O)c2cccc([N+](=O)[O-])c2C)sc2cc(OC)ccc21. The minimum Gasteiger partial charge on any atom is -0.497 e. The Morgan fingerprint density at radius 1 is 1.31 bits per heavy atom. The summed E-state index contributed by atoms with van der Waals surface area (Å²) in [6, 6.07) is 10.1. The van der Waals surface area contributed by atoms with Crippen molar-refractivity contribution in [1.82, 2.24) is 4.57 Å². The summed E-state index contributed by atoms with van der Waals surface area (Å²) in [5.41, 5.74) is 1.33. The van der Waals surface area contributed by atoms with Gasteiger partial charge in [-0.3, -0.25) is 14.9 Å². The molecule has 0 saturated carbocycles. The second kappa shape index (κ2) is 8.97. The molecule has 0 bridgehead atoms. The van der Waals surface area contributed by atoms with Crippen molar-refractivity contribution in [3.05, 3.63) is 62.4 Å². The fourth-order valence-electron chi connectivity index (χ4n) is 2.98. The second-order valence-corrected chi connectivity index (χ2v) is 7.20. The Morgan fingerprint density at radius 3 is 2.79 bits per heavy atom. The number of thiazole rings is 1. The van der Waals surface area contributed by atoms with Crippen molar-refractivity contribution in [1.29, 1.82) is 0 Å². The summed E-state index contributed by atoms with van der Waals surface area (Å²) >= 11 is 1.36. The number of benzene rings is 2. The average molecular weight is 415 g/mol. The zero-order valence-electron chi connectivity index (χ0n) is 16.4. The number of hydrogen-bond donors (Lipinski definition) is 0. The summed E-state index contributed by atoms with van der Waals surface area (Å²) in [4.78, 5) is 28.3. The number of carbonyl (C=O) groups excluding carboxylic acids is 1. The van der Waals surface area contributed by atoms with Crippen molar-refractivity contribution < 1.29 is 19.2 Å². The Kier molecular flexibility index (Phi) is 6.40. The highest BCUT2D eigenvalue weighted by Crippen LogP contribution is 2.24. The van der Waals surface area contributed by atoms with Gasteiger partial charge in [0.2, 0.25) is 0 Å². The third kappa shape index (κ3) is 4.36. The molecule has 0 aliphatic heterocycles. The van der Waals surface area contributed by atoms with Gasteiger partial charge >= 0.3 is 0 Å². The maximum atomic E-state index is 12.8. The summed E-state index contributed by atoms with van der Waals surface area (Å²) in [6.45, 7) is 5.07. The van der Waals surface area contributed by atoms with E-state index in [1.165, 1.54) is 23.5 Å². The van der Waals surface area contributed by atoms with E-state index in [0.717, 1.165) is 10.2 Å². The molecule has 29 heavy (non-hydrogen) atoms. The van der Waals surface area contributed by atoms with Crippen molar-refractivity contribution in [2.45, 2.75) is 20.4 Å². The summed E-state index contributed by atoms with van der Waals surface area (Å²) < 4.78 is 13.6. The number of fused-ring (bicyclic) bond motifs is 1. The molecule has 0 saturated heterocycles. The molecule has 152 valence electrons. The largest absolute Gasteiger partial charge is 0.497 e. The number of aromatic nitrogens is 1. The minimum atomic E-state index is -0.519. The molecule has 0 radical (unpaired) electrons. The summed E-state index contributed by atoms with van der Waals surface area (Å²) in [5.74, 6) is 0.193. The van der Waals surface area contributed by atoms with Crippen LogP contribution in [-0.4, -0.2) is 35.7 Å². The van der Waals surface area contributed by atoms with Gasteiger partial charge in [0.15, 0.2) is 4.80 Å². The van der Waals surface area contributed by atoms with Crippen LogP contribution in [0, 0.1) is 17.0 Å². The third-order valence-electron chi connectivity index (χ3n) is 4.48. The molecule has 0 fully saturated rings. The zero-order chi connectivity index (χ0) is 21.0. The minimum absolute atomic E-state index is 0.101. The maximum absolute atomic E-state index is 12.8. The lowest BCUT2D eigenvalue weighted by Crippen LogP contribution is -2.20. The molecule has 0 N–H and O–H groups in total. The van der Waals surface area contributed by atoms with Crippen LogP contribution in [0.5, 0.6) is 5.75 Å². The van der Waals surface area contributed by atoms with Crippen LogP contribution < -0.4 is 9.54 Å². The second-order valence-electron chi connectivity index (χ2n) is 6.19. The van der Waals surface area contributed by atoms with E-state index in [2.05, 4.69) is 4.99 Å². The normalized spacial score (nSPS) is 11.8. The molecule has 2 aromatic carbocycles. The zero-order valence-corrected chi connectivity index (χ0v) is 17.2. The highest BCUT2D eigenvalue weighted by molar-refractivity contribution is 7.16. The first kappa shape index (κ1) is 20.7. The fraction of sp³-hybridized carbons (Fsp3) is 0.300. The van der Waals surface area contributed by atoms with Crippen LogP contribution in [0.25, 0.3) is 10.2 Å². The lowest BCUT2D eigenvalue weighted by atomic mass is 10.1. The maximum Gasteiger partial charge on any atom is 0.280 e. The van der Waals surface area contributed by atoms with Gasteiger partial charge in [-0.25, -0.2) is 0 Å². The van der Waals surface area contributed by atoms with E-state index in [1.807, 2.05) is 29.7 Å². The average Bonchev–Trinajstić information content (AvgIpc) is 3.04. The van der Waals surface area contributed by atoms with Crippen LogP contribution in [-0.2, 0) is 11.3 Å². The fourth-order valence-corrected chi connectivity index (χ4v) is 4.07. The lowest BCUT2D eigenvalue weighted by Gasteiger charge is -2.06. The Hall–Kier alpha value is -3.04. The van der Waals surface area contributed by atoms with Gasteiger partial charge in [-0.2, -0.15) is 4.99 Å². The van der Waals surface area contributed by atoms with Crippen LogP contribution in [0.1, 0.15) is 22.8 Å². The quantitative estimate of drug-likeness (QED) is 0.333. The van der Waals surface area contributed by atoms with E-state index >= 15 is 0 Å². The molecule has 0 aliphatic carbocycles. The van der Waals surface area contributed by atoms with Gasteiger partial charge in [-0.15, -0.1) is 0 Å². The first-order chi connectivity index (χ1) is 14.0. The van der Waals surface area contributed by atoms with Crippen LogP contribution in [0.2, 0.25) is 0 Å². The van der Waals surface area contributed by atoms with Crippen molar-refractivity contribution >= 4 is 33.1 Å². The Bertz CT molecular complexity index is 1130. The number of nitro benzene ring substituents is 1. The first-order valence-corrected chi connectivity index (χ1v) is 9.86. The van der Waals surface area contributed by atoms with Gasteiger partial charge in [0, 0.05) is 24.8 Å². The van der Waals surface area contributed by atoms with Crippen LogP contribution in [0.15, 0.2) is 41.4 Å². The molecular weight excluding hydrogens is 394 g/mol. The van der Waals surface area contributed by atoms with Gasteiger partial charge in [0.1, 0.15) is 5.75 Å². The van der Waals surface area contributed by atoms with Crippen LogP contribution in [0.4, 0.5) is 5.69 Å². The van der Waals surface area contributed by atoms with E-state index in [9.17, 15) is 14.9 Å². The number of amides is 1. The molecule has 1 amide bonds. The number of nitro groups is 1. The van der Waals surface area contributed by atoms with Crippen LogP contribution >= 0.6 is 11.3 Å². The van der Waals surface area contributed by atoms with Gasteiger partial charge in [0.05, 0.1) is 34.4 Å². The summed E-state index contributed by atoms with van der Waals surface area (Å²) in [5, 5.41) is 11.2. The highest BCUT2D eigenvalue weighted by Gasteiger charge is 2.18. The molecule has 3 rings (SSSR count). The van der Waals surface area contributed by atoms with Crippen molar-refractivity contribution in [3.8, 4) is 5.75 Å². The molecule has 9 heteroatoms. The smallest absolute Gasteiger partial charge is 0.280 e. The molecular formula is C20H21N3O5S. The first-order valence-electron chi connectivity index (χ1n) is 9.04. The predicted octanol–water partition coefficient (Wildman–Crippen LogP) is 3.71. The number of methoxy groups -OCH3 is 1. The number of hydrogen-bond acceptors (Lipinski definition) is 6. The predicted molar refractivity (Wildman–Crippen MR) is 111 cm³/mol. The monoisotopic (exact) mass is 415 g/mol. The summed E-state index contributed by atoms with van der Waals surface area (Å²) in [7, 11) is 1.60. The molecule has 3 aromatic rings. The topological polar surface area (TPSA) is 96.0 Å². The number of carbonyl (C=O) groups is 1. The number of nitrogens with zero attached hydrogens (tertiary/aromatic N) is 3. The van der Waals surface area contributed by atoms with Crippen molar-refractivity contribution in [3.63, 3.8) is 0 Å². The van der Waals surface area contributed by atoms with E-state index < -0.39 is 10.8 Å².